The van der Waals surface area contributed by atoms with E-state index in [1.807, 2.05) is 24.7 Å². The van der Waals surface area contributed by atoms with Gasteiger partial charge in [-0.2, -0.15) is 14.9 Å². The molecule has 2 N–H and O–H groups in total. The first-order valence-electron chi connectivity index (χ1n) is 9.57. The predicted molar refractivity (Wildman–Crippen MR) is 107 cm³/mol. The number of aryl methyl sites for hydroxylation is 2. The average Bonchev–Trinajstić information content (AvgIpc) is 3.31. The van der Waals surface area contributed by atoms with E-state index in [9.17, 15) is 4.79 Å². The summed E-state index contributed by atoms with van der Waals surface area (Å²) in [4.78, 5) is 21.3. The number of ether oxygens (including phenoxy) is 1. The molecule has 1 amide bonds. The van der Waals surface area contributed by atoms with Crippen LogP contribution in [0.3, 0.4) is 0 Å². The van der Waals surface area contributed by atoms with Crippen LogP contribution in [0.25, 0.3) is 5.82 Å². The Morgan fingerprint density at radius 3 is 2.72 bits per heavy atom. The number of nitrogens with zero attached hydrogens (tertiary/aromatic N) is 6. The number of amides is 1. The molecule has 0 spiro atoms. The number of hydrogen-bond donors (Lipinski definition) is 2. The molecule has 1 aliphatic heterocycles. The molecule has 1 saturated heterocycles. The van der Waals surface area contributed by atoms with Gasteiger partial charge >= 0.3 is 0 Å². The predicted octanol–water partition coefficient (Wildman–Crippen LogP) is 2.12. The van der Waals surface area contributed by atoms with Crippen molar-refractivity contribution in [1.29, 1.82) is 0 Å². The van der Waals surface area contributed by atoms with E-state index in [0.29, 0.717) is 23.1 Å². The number of carbonyl (C=O) groups excluding carboxylic acids is 1. The van der Waals surface area contributed by atoms with Gasteiger partial charge in [0.2, 0.25) is 0 Å². The zero-order valence-electron chi connectivity index (χ0n) is 16.7. The zero-order valence-corrected chi connectivity index (χ0v) is 16.7. The van der Waals surface area contributed by atoms with E-state index >= 15 is 0 Å². The number of rotatable bonds is 5. The van der Waals surface area contributed by atoms with E-state index in [2.05, 4.69) is 30.8 Å². The molecule has 3 aromatic rings. The third-order valence-electron chi connectivity index (χ3n) is 4.89. The third-order valence-corrected chi connectivity index (χ3v) is 4.89. The summed E-state index contributed by atoms with van der Waals surface area (Å²) in [5.41, 5.74) is 1.99. The second kappa shape index (κ2) is 8.00. The summed E-state index contributed by atoms with van der Waals surface area (Å²) in [7, 11) is 1.78. The summed E-state index contributed by atoms with van der Waals surface area (Å²) in [5.74, 6) is 1.45. The van der Waals surface area contributed by atoms with Crippen molar-refractivity contribution in [3.63, 3.8) is 0 Å². The monoisotopic (exact) mass is 396 g/mol. The van der Waals surface area contributed by atoms with Crippen LogP contribution in [0.1, 0.15) is 40.6 Å². The highest BCUT2D eigenvalue weighted by atomic mass is 16.5. The lowest BCUT2D eigenvalue weighted by atomic mass is 10.1. The number of carbonyl (C=O) groups is 1. The van der Waals surface area contributed by atoms with Crippen LogP contribution in [0.15, 0.2) is 24.7 Å². The molecule has 4 rings (SSSR count). The van der Waals surface area contributed by atoms with Crippen LogP contribution < -0.4 is 10.6 Å². The van der Waals surface area contributed by atoms with Crippen molar-refractivity contribution < 1.29 is 9.53 Å². The highest BCUT2D eigenvalue weighted by Gasteiger charge is 2.22. The van der Waals surface area contributed by atoms with Crippen molar-refractivity contribution >= 4 is 17.5 Å². The maximum absolute atomic E-state index is 12.9. The molecule has 0 saturated carbocycles. The molecule has 0 aliphatic carbocycles. The first-order valence-corrected chi connectivity index (χ1v) is 9.57. The smallest absolute Gasteiger partial charge is 0.277 e. The number of nitrogens with one attached hydrogen (secondary N) is 2. The van der Waals surface area contributed by atoms with Gasteiger partial charge in [-0.05, 0) is 26.7 Å². The molecule has 10 nitrogen and oxygen atoms in total. The Kier molecular flexibility index (Phi) is 5.26. The second-order valence-electron chi connectivity index (χ2n) is 7.03. The molecule has 0 radical (unpaired) electrons. The van der Waals surface area contributed by atoms with Gasteiger partial charge in [0.25, 0.3) is 5.91 Å². The number of hydrogen-bond acceptors (Lipinski definition) is 7. The van der Waals surface area contributed by atoms with E-state index in [-0.39, 0.29) is 11.9 Å². The lowest BCUT2D eigenvalue weighted by Crippen LogP contribution is -2.21. The molecule has 3 aromatic heterocycles. The van der Waals surface area contributed by atoms with Crippen LogP contribution in [0, 0.1) is 13.8 Å². The molecule has 0 aromatic carbocycles. The fourth-order valence-corrected chi connectivity index (χ4v) is 3.38. The fraction of sp³-hybridized carbons (Fsp3) is 0.421. The van der Waals surface area contributed by atoms with Gasteiger partial charge in [-0.1, -0.05) is 0 Å². The van der Waals surface area contributed by atoms with Crippen molar-refractivity contribution in [2.24, 2.45) is 0 Å². The second-order valence-corrected chi connectivity index (χ2v) is 7.03. The minimum Gasteiger partial charge on any atom is -0.381 e. The van der Waals surface area contributed by atoms with Gasteiger partial charge < -0.3 is 15.4 Å². The largest absolute Gasteiger partial charge is 0.381 e. The summed E-state index contributed by atoms with van der Waals surface area (Å²) in [6.07, 6.45) is 5.17. The van der Waals surface area contributed by atoms with Gasteiger partial charge in [-0.15, -0.1) is 0 Å². The van der Waals surface area contributed by atoms with Crippen LogP contribution in [-0.2, 0) is 4.74 Å². The molecule has 0 atom stereocenters. The van der Waals surface area contributed by atoms with Gasteiger partial charge in [0.1, 0.15) is 18.0 Å². The highest BCUT2D eigenvalue weighted by Crippen LogP contribution is 2.23. The van der Waals surface area contributed by atoms with Gasteiger partial charge in [0.15, 0.2) is 11.5 Å². The van der Waals surface area contributed by atoms with E-state index in [0.717, 1.165) is 37.3 Å². The Bertz CT molecular complexity index is 1020. The fourth-order valence-electron chi connectivity index (χ4n) is 3.38. The molecule has 1 fully saturated rings. The van der Waals surface area contributed by atoms with Crippen LogP contribution in [0.5, 0.6) is 0 Å². The lowest BCUT2D eigenvalue weighted by Gasteiger charge is -2.22. The highest BCUT2D eigenvalue weighted by molar-refractivity contribution is 6.03. The Balaban J connectivity index is 1.58. The lowest BCUT2D eigenvalue weighted by molar-refractivity contribution is 0.0661. The van der Waals surface area contributed by atoms with Gasteiger partial charge in [0.05, 0.1) is 11.7 Å². The van der Waals surface area contributed by atoms with Crippen molar-refractivity contribution in [2.45, 2.75) is 32.7 Å². The van der Waals surface area contributed by atoms with Crippen LogP contribution >= 0.6 is 0 Å². The molecule has 4 heterocycles. The number of anilines is 2. The minimum absolute atomic E-state index is 0.262. The topological polar surface area (TPSA) is 112 Å². The SMILES string of the molecule is CNc1cc(-n2nc(C)cc2NC(=O)c2nn(C3CCOCC3)cc2C)ncn1. The zero-order chi connectivity index (χ0) is 20.4. The first-order chi connectivity index (χ1) is 14.0. The van der Waals surface area contributed by atoms with Gasteiger partial charge in [-0.3, -0.25) is 9.48 Å². The molecule has 1 aliphatic rings. The molecule has 0 bridgehead atoms. The minimum atomic E-state index is -0.280. The number of aromatic nitrogens is 6. The molecule has 152 valence electrons. The summed E-state index contributed by atoms with van der Waals surface area (Å²) < 4.78 is 8.89. The van der Waals surface area contributed by atoms with Crippen molar-refractivity contribution in [2.75, 3.05) is 30.9 Å². The van der Waals surface area contributed by atoms with Crippen molar-refractivity contribution in [3.05, 3.63) is 41.6 Å². The van der Waals surface area contributed by atoms with Crippen molar-refractivity contribution in [1.82, 2.24) is 29.5 Å². The summed E-state index contributed by atoms with van der Waals surface area (Å²) >= 11 is 0. The van der Waals surface area contributed by atoms with E-state index in [1.165, 1.54) is 6.33 Å². The normalized spacial score (nSPS) is 14.7. The third kappa shape index (κ3) is 3.97. The maximum atomic E-state index is 12.9. The Morgan fingerprint density at radius 2 is 1.97 bits per heavy atom. The Labute approximate surface area is 168 Å². The van der Waals surface area contributed by atoms with Crippen LogP contribution in [-0.4, -0.2) is 55.7 Å². The first kappa shape index (κ1) is 19.1. The van der Waals surface area contributed by atoms with E-state index in [1.54, 1.807) is 23.9 Å². The summed E-state index contributed by atoms with van der Waals surface area (Å²) in [6.45, 7) is 5.19. The average molecular weight is 396 g/mol. The Hall–Kier alpha value is -3.27. The van der Waals surface area contributed by atoms with Gasteiger partial charge in [-0.25, -0.2) is 9.97 Å². The molecular weight excluding hydrogens is 372 g/mol. The molecular formula is C19H24N8O2. The van der Waals surface area contributed by atoms with Crippen LogP contribution in [0.2, 0.25) is 0 Å². The Morgan fingerprint density at radius 1 is 1.17 bits per heavy atom. The molecule has 29 heavy (non-hydrogen) atoms. The molecule has 0 unspecified atom stereocenters. The maximum Gasteiger partial charge on any atom is 0.277 e. The van der Waals surface area contributed by atoms with E-state index < -0.39 is 0 Å². The standard InChI is InChI=1S/C19H24N8O2/c1-12-10-26(14-4-6-29-7-5-14)25-18(12)19(28)23-17-8-13(2)24-27(17)16-9-15(20-3)21-11-22-16/h8-11,14H,4-7H2,1-3H3,(H,23,28)(H,20,21,22). The van der Waals surface area contributed by atoms with Crippen LogP contribution in [0.4, 0.5) is 11.6 Å². The quantitative estimate of drug-likeness (QED) is 0.679. The van der Waals surface area contributed by atoms with E-state index in [4.69, 9.17) is 4.74 Å². The van der Waals surface area contributed by atoms with Gasteiger partial charge in [0, 0.05) is 44.2 Å². The summed E-state index contributed by atoms with van der Waals surface area (Å²) in [6, 6.07) is 3.81. The summed E-state index contributed by atoms with van der Waals surface area (Å²) in [5, 5.41) is 14.9. The van der Waals surface area contributed by atoms with Crippen molar-refractivity contribution in [3.8, 4) is 5.82 Å². The molecule has 10 heteroatoms.